The fourth-order valence-electron chi connectivity index (χ4n) is 1.76. The standard InChI is InChI=1S/C16H20.C2H6/c1-4-9-16(5-2)14(3)12-13-15-10-7-6-8-11-15;1-2/h4-11,14H,1-2,12-13H2,3H3;1-2H3/b16-9+;. The maximum absolute atomic E-state index is 3.84. The zero-order valence-corrected chi connectivity index (χ0v) is 12.0. The van der Waals surface area contributed by atoms with Gasteiger partial charge in [-0.15, -0.1) is 0 Å². The first-order valence-corrected chi connectivity index (χ1v) is 6.77. The van der Waals surface area contributed by atoms with Crippen molar-refractivity contribution < 1.29 is 0 Å². The Balaban J connectivity index is 0.00000137. The summed E-state index contributed by atoms with van der Waals surface area (Å²) in [4.78, 5) is 0. The van der Waals surface area contributed by atoms with Crippen LogP contribution in [0.3, 0.4) is 0 Å². The van der Waals surface area contributed by atoms with E-state index >= 15 is 0 Å². The van der Waals surface area contributed by atoms with Crippen molar-refractivity contribution in [2.45, 2.75) is 33.6 Å². The highest BCUT2D eigenvalue weighted by atomic mass is 14.1. The van der Waals surface area contributed by atoms with Gasteiger partial charge in [-0.25, -0.2) is 0 Å². The van der Waals surface area contributed by atoms with Crippen LogP contribution in [0.5, 0.6) is 0 Å². The zero-order chi connectivity index (χ0) is 13.8. The summed E-state index contributed by atoms with van der Waals surface area (Å²) in [7, 11) is 0. The van der Waals surface area contributed by atoms with E-state index in [1.807, 2.05) is 32.1 Å². The highest BCUT2D eigenvalue weighted by Crippen LogP contribution is 2.18. The summed E-state index contributed by atoms with van der Waals surface area (Å²) >= 11 is 0. The highest BCUT2D eigenvalue weighted by Gasteiger charge is 2.05. The van der Waals surface area contributed by atoms with Crippen molar-refractivity contribution >= 4 is 0 Å². The lowest BCUT2D eigenvalue weighted by molar-refractivity contribution is 0.625. The van der Waals surface area contributed by atoms with E-state index in [1.54, 1.807) is 0 Å². The third kappa shape index (κ3) is 6.24. The minimum Gasteiger partial charge on any atom is -0.0991 e. The molecule has 0 bridgehead atoms. The van der Waals surface area contributed by atoms with Crippen LogP contribution in [-0.2, 0) is 6.42 Å². The Morgan fingerprint density at radius 3 is 2.28 bits per heavy atom. The van der Waals surface area contributed by atoms with Gasteiger partial charge in [0.05, 0.1) is 0 Å². The van der Waals surface area contributed by atoms with Crippen LogP contribution in [0.25, 0.3) is 0 Å². The first-order chi connectivity index (χ1) is 8.77. The Kier molecular flexibility index (Phi) is 9.67. The molecule has 0 aliphatic rings. The molecule has 98 valence electrons. The van der Waals surface area contributed by atoms with Gasteiger partial charge in [0.15, 0.2) is 0 Å². The molecule has 1 unspecified atom stereocenters. The Morgan fingerprint density at radius 2 is 1.78 bits per heavy atom. The second kappa shape index (κ2) is 10.6. The third-order valence-electron chi connectivity index (χ3n) is 2.82. The molecule has 0 fully saturated rings. The Bertz CT molecular complexity index is 357. The predicted octanol–water partition coefficient (Wildman–Crippen LogP) is 5.58. The van der Waals surface area contributed by atoms with Crippen LogP contribution in [0.4, 0.5) is 0 Å². The average molecular weight is 242 g/mol. The maximum atomic E-state index is 3.84. The number of benzene rings is 1. The van der Waals surface area contributed by atoms with E-state index in [0.717, 1.165) is 12.8 Å². The lowest BCUT2D eigenvalue weighted by atomic mass is 9.93. The van der Waals surface area contributed by atoms with Gasteiger partial charge in [-0.3, -0.25) is 0 Å². The Morgan fingerprint density at radius 1 is 1.17 bits per heavy atom. The second-order valence-electron chi connectivity index (χ2n) is 4.03. The van der Waals surface area contributed by atoms with E-state index < -0.39 is 0 Å². The number of rotatable bonds is 6. The molecule has 0 amide bonds. The van der Waals surface area contributed by atoms with Crippen LogP contribution in [0.2, 0.25) is 0 Å². The minimum absolute atomic E-state index is 0.538. The van der Waals surface area contributed by atoms with Crippen molar-refractivity contribution in [3.8, 4) is 0 Å². The van der Waals surface area contributed by atoms with Crippen LogP contribution in [-0.4, -0.2) is 0 Å². The summed E-state index contributed by atoms with van der Waals surface area (Å²) in [5.41, 5.74) is 2.67. The molecule has 1 aromatic rings. The normalized spacial score (nSPS) is 12.1. The molecule has 0 saturated heterocycles. The molecule has 1 aromatic carbocycles. The van der Waals surface area contributed by atoms with Crippen LogP contribution in [0, 0.1) is 5.92 Å². The molecular formula is C18H26. The second-order valence-corrected chi connectivity index (χ2v) is 4.03. The van der Waals surface area contributed by atoms with Crippen LogP contribution < -0.4 is 0 Å². The minimum atomic E-state index is 0.538. The number of allylic oxidation sites excluding steroid dienone is 4. The Labute approximate surface area is 113 Å². The van der Waals surface area contributed by atoms with Crippen molar-refractivity contribution in [2.75, 3.05) is 0 Å². The van der Waals surface area contributed by atoms with Gasteiger partial charge in [-0.1, -0.05) is 82.5 Å². The van der Waals surface area contributed by atoms with E-state index in [0.29, 0.717) is 5.92 Å². The van der Waals surface area contributed by atoms with Gasteiger partial charge in [-0.2, -0.15) is 0 Å². The Hall–Kier alpha value is -1.56. The van der Waals surface area contributed by atoms with E-state index in [1.165, 1.54) is 11.1 Å². The molecule has 1 atom stereocenters. The van der Waals surface area contributed by atoms with Crippen molar-refractivity contribution in [2.24, 2.45) is 5.92 Å². The molecule has 0 saturated carbocycles. The summed E-state index contributed by atoms with van der Waals surface area (Å²) < 4.78 is 0. The van der Waals surface area contributed by atoms with Gasteiger partial charge >= 0.3 is 0 Å². The molecule has 0 aliphatic heterocycles. The molecule has 0 nitrogen and oxygen atoms in total. The molecule has 0 aromatic heterocycles. The number of hydrogen-bond acceptors (Lipinski definition) is 0. The quantitative estimate of drug-likeness (QED) is 0.571. The topological polar surface area (TPSA) is 0 Å². The highest BCUT2D eigenvalue weighted by molar-refractivity contribution is 5.24. The van der Waals surface area contributed by atoms with Crippen LogP contribution in [0.1, 0.15) is 32.8 Å². The maximum Gasteiger partial charge on any atom is -0.0187 e. The van der Waals surface area contributed by atoms with Crippen molar-refractivity contribution in [3.05, 3.63) is 72.9 Å². The molecule has 0 N–H and O–H groups in total. The van der Waals surface area contributed by atoms with E-state index in [2.05, 4.69) is 50.4 Å². The molecule has 0 spiro atoms. The van der Waals surface area contributed by atoms with E-state index in [4.69, 9.17) is 0 Å². The van der Waals surface area contributed by atoms with Gasteiger partial charge in [0.25, 0.3) is 0 Å². The summed E-state index contributed by atoms with van der Waals surface area (Å²) in [6.45, 7) is 13.8. The molecule has 0 aliphatic carbocycles. The SMILES string of the molecule is C=C/C=C(\C=C)C(C)CCc1ccccc1.CC. The van der Waals surface area contributed by atoms with Gasteiger partial charge in [0.1, 0.15) is 0 Å². The molecule has 1 rings (SSSR count). The molecule has 18 heavy (non-hydrogen) atoms. The lowest BCUT2D eigenvalue weighted by Crippen LogP contribution is -1.99. The molecular weight excluding hydrogens is 216 g/mol. The van der Waals surface area contributed by atoms with E-state index in [-0.39, 0.29) is 0 Å². The van der Waals surface area contributed by atoms with Gasteiger partial charge in [-0.05, 0) is 29.9 Å². The lowest BCUT2D eigenvalue weighted by Gasteiger charge is -2.12. The van der Waals surface area contributed by atoms with Gasteiger partial charge in [0.2, 0.25) is 0 Å². The average Bonchev–Trinajstić information content (AvgIpc) is 2.45. The number of aryl methyl sites for hydroxylation is 1. The largest absolute Gasteiger partial charge is 0.0991 e. The third-order valence-corrected chi connectivity index (χ3v) is 2.82. The first-order valence-electron chi connectivity index (χ1n) is 6.77. The first kappa shape index (κ1) is 16.4. The summed E-state index contributed by atoms with van der Waals surface area (Å²) in [6.07, 6.45) is 8.07. The van der Waals surface area contributed by atoms with Gasteiger partial charge < -0.3 is 0 Å². The fraction of sp³-hybridized carbons (Fsp3) is 0.333. The summed E-state index contributed by atoms with van der Waals surface area (Å²) in [6, 6.07) is 10.6. The molecule has 0 heterocycles. The summed E-state index contributed by atoms with van der Waals surface area (Å²) in [5, 5.41) is 0. The van der Waals surface area contributed by atoms with E-state index in [9.17, 15) is 0 Å². The van der Waals surface area contributed by atoms with Crippen LogP contribution in [0.15, 0.2) is 67.3 Å². The number of hydrogen-bond donors (Lipinski definition) is 0. The predicted molar refractivity (Wildman–Crippen MR) is 83.8 cm³/mol. The smallest absolute Gasteiger partial charge is 0.0187 e. The zero-order valence-electron chi connectivity index (χ0n) is 12.0. The monoisotopic (exact) mass is 242 g/mol. The molecule has 0 heteroatoms. The molecule has 0 radical (unpaired) electrons. The fourth-order valence-corrected chi connectivity index (χ4v) is 1.76. The van der Waals surface area contributed by atoms with Crippen molar-refractivity contribution in [1.29, 1.82) is 0 Å². The van der Waals surface area contributed by atoms with Crippen molar-refractivity contribution in [1.82, 2.24) is 0 Å². The van der Waals surface area contributed by atoms with Crippen molar-refractivity contribution in [3.63, 3.8) is 0 Å². The summed E-state index contributed by atoms with van der Waals surface area (Å²) in [5.74, 6) is 0.538. The van der Waals surface area contributed by atoms with Gasteiger partial charge in [0, 0.05) is 0 Å². The van der Waals surface area contributed by atoms with Crippen LogP contribution >= 0.6 is 0 Å².